The molecule has 0 fully saturated rings. The Labute approximate surface area is 449 Å². The summed E-state index contributed by atoms with van der Waals surface area (Å²) in [5.74, 6) is -14.7. The van der Waals surface area contributed by atoms with Crippen LogP contribution in [0.25, 0.3) is 33.3 Å². The number of nitrogens with one attached hydrogen (secondary N) is 1. The first-order valence-corrected chi connectivity index (χ1v) is 28.5. The number of halogens is 7. The smallest absolute Gasteiger partial charge is 0.423 e. The quantitative estimate of drug-likeness (QED) is 0.0334. The van der Waals surface area contributed by atoms with E-state index in [2.05, 4.69) is 19.9 Å². The van der Waals surface area contributed by atoms with Crippen LogP contribution in [0.2, 0.25) is 5.15 Å². The fraction of sp³-hybridized carbons (Fsp3) is 0.176. The zero-order valence-electron chi connectivity index (χ0n) is 41.1. The first kappa shape index (κ1) is 59.9. The van der Waals surface area contributed by atoms with E-state index in [4.69, 9.17) is 21.6 Å². The molecule has 8 rings (SSSR count). The number of fused-ring (bicyclic) bond motifs is 2. The van der Waals surface area contributed by atoms with Gasteiger partial charge in [0.05, 0.1) is 74.2 Å². The number of anilines is 2. The number of nitrogens with zero attached hydrogens (tertiary/aromatic N) is 5. The van der Waals surface area contributed by atoms with Crippen molar-refractivity contribution in [3.05, 3.63) is 184 Å². The lowest BCUT2D eigenvalue weighted by Gasteiger charge is -2.25. The number of hydrogen-bond donors (Lipinski definition) is 3. The molecule has 27 heteroatoms. The number of ketones is 2. The van der Waals surface area contributed by atoms with Crippen molar-refractivity contribution < 1.29 is 71.2 Å². The van der Waals surface area contributed by atoms with Gasteiger partial charge in [-0.05, 0) is 61.1 Å². The van der Waals surface area contributed by atoms with E-state index in [0.717, 1.165) is 17.7 Å². The minimum Gasteiger partial charge on any atom is -0.423 e. The van der Waals surface area contributed by atoms with Crippen LogP contribution in [0.3, 0.4) is 0 Å². The maximum absolute atomic E-state index is 15.6. The molecule has 2 aromatic heterocycles. The van der Waals surface area contributed by atoms with Crippen molar-refractivity contribution in [1.82, 2.24) is 19.9 Å². The Morgan fingerprint density at radius 2 is 1.05 bits per heavy atom. The monoisotopic (exact) mass is 1160 g/mol. The molecule has 0 spiro atoms. The predicted molar refractivity (Wildman–Crippen MR) is 284 cm³/mol. The van der Waals surface area contributed by atoms with Crippen LogP contribution >= 0.6 is 11.6 Å². The summed E-state index contributed by atoms with van der Waals surface area (Å²) in [6, 6.07) is 25.9. The van der Waals surface area contributed by atoms with Crippen molar-refractivity contribution in [1.29, 1.82) is 0 Å². The average Bonchev–Trinajstić information content (AvgIpc) is 3.59. The second-order valence-corrected chi connectivity index (χ2v) is 23.0. The summed E-state index contributed by atoms with van der Waals surface area (Å²) in [6.45, 7) is 4.46. The van der Waals surface area contributed by atoms with Crippen LogP contribution in [0, 0.1) is 34.9 Å². The molecule has 0 saturated carbocycles. The minimum absolute atomic E-state index is 0.0228. The molecule has 16 nitrogen and oxygen atoms in total. The first-order valence-electron chi connectivity index (χ1n) is 23.2. The second-order valence-electron chi connectivity index (χ2n) is 16.7. The summed E-state index contributed by atoms with van der Waals surface area (Å²) in [4.78, 5) is 42.7. The Kier molecular flexibility index (Phi) is 19.5. The maximum atomic E-state index is 15.6. The van der Waals surface area contributed by atoms with Gasteiger partial charge in [-0.25, -0.2) is 61.6 Å². The summed E-state index contributed by atoms with van der Waals surface area (Å²) in [7, 11) is -14.8. The third-order valence-electron chi connectivity index (χ3n) is 10.9. The number of benzene rings is 6. The van der Waals surface area contributed by atoms with Crippen molar-refractivity contribution >= 4 is 99.3 Å². The minimum atomic E-state index is -4.73. The number of aromatic nitrogens is 4. The van der Waals surface area contributed by atoms with E-state index < -0.39 is 118 Å². The van der Waals surface area contributed by atoms with Crippen molar-refractivity contribution in [2.24, 2.45) is 0 Å². The van der Waals surface area contributed by atoms with E-state index in [9.17, 15) is 52.4 Å². The molecule has 0 atom stereocenters. The highest BCUT2D eigenvalue weighted by Gasteiger charge is 2.38. The number of carbonyl (C=O) groups is 2. The molecular weight excluding hydrogens is 1110 g/mol. The lowest BCUT2D eigenvalue weighted by atomic mass is 9.81. The van der Waals surface area contributed by atoms with E-state index >= 15 is 8.78 Å². The van der Waals surface area contributed by atoms with E-state index in [1.807, 2.05) is 41.1 Å². The van der Waals surface area contributed by atoms with Crippen molar-refractivity contribution in [3.63, 3.8) is 0 Å². The zero-order chi connectivity index (χ0) is 57.3. The first-order chi connectivity index (χ1) is 36.8. The Morgan fingerprint density at radius 3 is 1.55 bits per heavy atom. The predicted octanol–water partition coefficient (Wildman–Crippen LogP) is 8.68. The fourth-order valence-corrected chi connectivity index (χ4v) is 12.7. The van der Waals surface area contributed by atoms with Crippen LogP contribution in [-0.2, 0) is 30.1 Å². The van der Waals surface area contributed by atoms with Crippen LogP contribution in [-0.4, -0.2) is 91.2 Å². The molecule has 0 aliphatic heterocycles. The Bertz CT molecular complexity index is 3860. The van der Waals surface area contributed by atoms with Crippen molar-refractivity contribution in [2.75, 3.05) is 25.7 Å². The van der Waals surface area contributed by atoms with Crippen LogP contribution < -0.4 is 13.9 Å². The normalized spacial score (nSPS) is 11.5. The molecule has 0 unspecified atom stereocenters. The van der Waals surface area contributed by atoms with Gasteiger partial charge < -0.3 is 10.0 Å². The molecular formula is C51H44BClF6N6O10S3. The molecule has 3 N–H and O–H groups in total. The van der Waals surface area contributed by atoms with Gasteiger partial charge in [-0.15, -0.1) is 0 Å². The number of rotatable bonds is 17. The number of sulfonamides is 3. The fourth-order valence-electron chi connectivity index (χ4n) is 7.39. The largest absolute Gasteiger partial charge is 0.488 e. The summed E-state index contributed by atoms with van der Waals surface area (Å²) in [6.07, 6.45) is 2.93. The number of carbonyl (C=O) groups excluding carboxylic acids is 2. The molecule has 0 radical (unpaired) electrons. The van der Waals surface area contributed by atoms with Crippen molar-refractivity contribution in [2.45, 2.75) is 40.0 Å². The molecule has 78 heavy (non-hydrogen) atoms. The Morgan fingerprint density at radius 1 is 0.577 bits per heavy atom. The molecule has 8 aromatic rings. The zero-order valence-corrected chi connectivity index (χ0v) is 44.3. The molecule has 0 aliphatic rings. The SMILES string of the molecule is CCCS(=O)(=O)N(c1cc(F)c(F)c(C(=O)c2ccc3ncc(Cl)nc3c2)c1F)S(=O)(=O)CCC.CCCS(=O)(=O)Nc1cc(F)c(F)c(C(=O)c2ccc3ncc(-c4ccccc4)nc3c2)c1F.OB(O)c1ccccc1. The van der Waals surface area contributed by atoms with Crippen LogP contribution in [0.15, 0.2) is 122 Å². The van der Waals surface area contributed by atoms with Gasteiger partial charge in [0.25, 0.3) is 0 Å². The number of hydrogen-bond acceptors (Lipinski definition) is 14. The van der Waals surface area contributed by atoms with Crippen LogP contribution in [0.4, 0.5) is 37.7 Å². The summed E-state index contributed by atoms with van der Waals surface area (Å²) in [5, 5.41) is 17.1. The second kappa shape index (κ2) is 25.4. The van der Waals surface area contributed by atoms with E-state index in [1.165, 1.54) is 44.3 Å². The highest BCUT2D eigenvalue weighted by Crippen LogP contribution is 2.34. The summed E-state index contributed by atoms with van der Waals surface area (Å²) >= 11 is 5.78. The molecule has 0 saturated heterocycles. The van der Waals surface area contributed by atoms with Crippen molar-refractivity contribution in [3.8, 4) is 11.3 Å². The molecule has 408 valence electrons. The Balaban J connectivity index is 0.000000217. The van der Waals surface area contributed by atoms with Crippen LogP contribution in [0.1, 0.15) is 71.9 Å². The molecule has 0 aliphatic carbocycles. The molecule has 0 bridgehead atoms. The lowest BCUT2D eigenvalue weighted by Crippen LogP contribution is -2.40. The van der Waals surface area contributed by atoms with Crippen LogP contribution in [0.5, 0.6) is 0 Å². The lowest BCUT2D eigenvalue weighted by molar-refractivity contribution is 0.102. The van der Waals surface area contributed by atoms with Gasteiger partial charge in [0.15, 0.2) is 46.5 Å². The maximum Gasteiger partial charge on any atom is 0.488 e. The van der Waals surface area contributed by atoms with Gasteiger partial charge in [-0.2, -0.15) is 3.71 Å². The molecule has 2 heterocycles. The summed E-state index contributed by atoms with van der Waals surface area (Å²) in [5.41, 5.74) is -2.39. The average molecular weight is 1160 g/mol. The topological polar surface area (TPSA) is 244 Å². The third-order valence-corrected chi connectivity index (χ3v) is 17.1. The van der Waals surface area contributed by atoms with Gasteiger partial charge in [0, 0.05) is 28.8 Å². The highest BCUT2D eigenvalue weighted by molar-refractivity contribution is 8.10. The summed E-state index contributed by atoms with van der Waals surface area (Å²) < 4.78 is 165. The van der Waals surface area contributed by atoms with E-state index in [-0.39, 0.29) is 62.1 Å². The van der Waals surface area contributed by atoms with Gasteiger partial charge >= 0.3 is 7.12 Å². The molecule has 0 amide bonds. The van der Waals surface area contributed by atoms with Gasteiger partial charge in [0.2, 0.25) is 30.1 Å². The molecule has 6 aromatic carbocycles. The van der Waals surface area contributed by atoms with Gasteiger partial charge in [-0.1, -0.05) is 93.0 Å². The Hall–Kier alpha value is -7.36. The third kappa shape index (κ3) is 14.0. The standard InChI is InChI=1S/C24H18F3N3O3S.C21H19ClF3N3O5S2.C6H7BO2/c1-2-10-34(32,33)30-19-12-16(25)22(26)21(23(19)27)24(31)15-8-9-17-18(11-15)29-20(13-28-17)14-6-4-3-5-7-14;1-3-7-34(30,31)28(35(32,33)8-4-2)16-10-13(23)19(24)18(20(16)25)21(29)12-5-6-14-15(9-12)27-17(22)11-26-14;8-7(9)6-4-2-1-3-5-6/h3-9,11-13,30H,2,10H2,1H3;5-6,9-11H,3-4,7-8H2,1-2H3;1-5,8-9H. The van der Waals surface area contributed by atoms with Gasteiger partial charge in [-0.3, -0.25) is 24.3 Å². The van der Waals surface area contributed by atoms with Gasteiger partial charge in [0.1, 0.15) is 10.8 Å². The van der Waals surface area contributed by atoms with E-state index in [0.29, 0.717) is 28.3 Å². The highest BCUT2D eigenvalue weighted by atomic mass is 35.5. The van der Waals surface area contributed by atoms with E-state index in [1.54, 1.807) is 37.4 Å².